The summed E-state index contributed by atoms with van der Waals surface area (Å²) in [7, 11) is 4.00. The molecule has 0 aromatic heterocycles. The first-order valence-electron chi connectivity index (χ1n) is 11.0. The summed E-state index contributed by atoms with van der Waals surface area (Å²) in [6.45, 7) is 8.43. The average molecular weight is 514 g/mol. The van der Waals surface area contributed by atoms with Gasteiger partial charge in [0.15, 0.2) is 5.96 Å². The normalized spacial score (nSPS) is 19.0. The third-order valence-corrected chi connectivity index (χ3v) is 6.32. The molecule has 1 aromatic carbocycles. The van der Waals surface area contributed by atoms with Crippen molar-refractivity contribution in [1.29, 1.82) is 0 Å². The fraction of sp³-hybridized carbons (Fsp3) is 0.696. The third kappa shape index (κ3) is 7.63. The minimum atomic E-state index is 0. The number of benzene rings is 1. The molecule has 29 heavy (non-hydrogen) atoms. The predicted octanol–water partition coefficient (Wildman–Crippen LogP) is 4.36. The van der Waals surface area contributed by atoms with E-state index in [1.165, 1.54) is 56.4 Å². The summed E-state index contributed by atoms with van der Waals surface area (Å²) < 4.78 is 5.46. The summed E-state index contributed by atoms with van der Waals surface area (Å²) in [6, 6.07) is 9.03. The highest BCUT2D eigenvalue weighted by atomic mass is 127. The summed E-state index contributed by atoms with van der Waals surface area (Å²) in [5.41, 5.74) is 2.65. The van der Waals surface area contributed by atoms with Crippen LogP contribution in [0.25, 0.3) is 0 Å². The zero-order valence-electron chi connectivity index (χ0n) is 18.4. The first-order valence-corrected chi connectivity index (χ1v) is 11.0. The van der Waals surface area contributed by atoms with E-state index in [2.05, 4.69) is 58.3 Å². The molecule has 2 aliphatic rings. The number of rotatable bonds is 6. The maximum atomic E-state index is 5.46. The second-order valence-electron chi connectivity index (χ2n) is 8.50. The van der Waals surface area contributed by atoms with Crippen molar-refractivity contribution < 1.29 is 4.74 Å². The van der Waals surface area contributed by atoms with Gasteiger partial charge in [-0.1, -0.05) is 19.1 Å². The molecule has 0 spiro atoms. The number of nitrogens with one attached hydrogen (secondary N) is 1. The first-order chi connectivity index (χ1) is 13.7. The van der Waals surface area contributed by atoms with Crippen molar-refractivity contribution in [3.63, 3.8) is 0 Å². The molecule has 1 N–H and O–H groups in total. The SMILES string of the molecule is CN=C(NCc1ccc(N2CCC(C)CC2)cc1)N(C)CCC1CCOCC1.I. The first kappa shape index (κ1) is 24.3. The van der Waals surface area contributed by atoms with Gasteiger partial charge in [-0.05, 0) is 61.6 Å². The number of halogens is 1. The lowest BCUT2D eigenvalue weighted by molar-refractivity contribution is 0.0625. The Morgan fingerprint density at radius 1 is 1.14 bits per heavy atom. The number of hydrogen-bond acceptors (Lipinski definition) is 3. The van der Waals surface area contributed by atoms with Crippen LogP contribution < -0.4 is 10.2 Å². The molecular weight excluding hydrogens is 475 g/mol. The van der Waals surface area contributed by atoms with E-state index in [1.54, 1.807) is 0 Å². The van der Waals surface area contributed by atoms with E-state index in [0.717, 1.165) is 44.1 Å². The third-order valence-electron chi connectivity index (χ3n) is 6.32. The van der Waals surface area contributed by atoms with Gasteiger partial charge < -0.3 is 19.9 Å². The monoisotopic (exact) mass is 514 g/mol. The maximum absolute atomic E-state index is 5.46. The van der Waals surface area contributed by atoms with Crippen LogP contribution in [0.2, 0.25) is 0 Å². The van der Waals surface area contributed by atoms with E-state index < -0.39 is 0 Å². The Balaban J connectivity index is 0.00000300. The van der Waals surface area contributed by atoms with E-state index in [9.17, 15) is 0 Å². The second kappa shape index (κ2) is 12.6. The summed E-state index contributed by atoms with van der Waals surface area (Å²) in [6.07, 6.45) is 6.22. The fourth-order valence-electron chi connectivity index (χ4n) is 4.17. The molecule has 1 aromatic rings. The van der Waals surface area contributed by atoms with Crippen molar-refractivity contribution >= 4 is 35.6 Å². The highest BCUT2D eigenvalue weighted by molar-refractivity contribution is 14.0. The van der Waals surface area contributed by atoms with Crippen LogP contribution in [0.1, 0.15) is 44.6 Å². The lowest BCUT2D eigenvalue weighted by Gasteiger charge is -2.32. The van der Waals surface area contributed by atoms with Crippen LogP contribution in [0.15, 0.2) is 29.3 Å². The van der Waals surface area contributed by atoms with Gasteiger partial charge in [-0.2, -0.15) is 0 Å². The van der Waals surface area contributed by atoms with Crippen molar-refractivity contribution in [3.8, 4) is 0 Å². The Labute approximate surface area is 194 Å². The lowest BCUT2D eigenvalue weighted by atomic mass is 9.96. The molecule has 0 saturated carbocycles. The minimum Gasteiger partial charge on any atom is -0.381 e. The molecule has 0 amide bonds. The average Bonchev–Trinajstić information content (AvgIpc) is 2.74. The number of anilines is 1. The summed E-state index contributed by atoms with van der Waals surface area (Å²) in [5.74, 6) is 2.63. The summed E-state index contributed by atoms with van der Waals surface area (Å²) in [5, 5.41) is 3.52. The number of hydrogen-bond donors (Lipinski definition) is 1. The van der Waals surface area contributed by atoms with E-state index >= 15 is 0 Å². The number of piperidine rings is 1. The lowest BCUT2D eigenvalue weighted by Crippen LogP contribution is -2.39. The molecule has 0 aliphatic carbocycles. The Morgan fingerprint density at radius 2 is 1.79 bits per heavy atom. The number of aliphatic imine (C=N–C) groups is 1. The van der Waals surface area contributed by atoms with Crippen molar-refractivity contribution in [1.82, 2.24) is 10.2 Å². The molecule has 5 nitrogen and oxygen atoms in total. The van der Waals surface area contributed by atoms with E-state index in [1.807, 2.05) is 7.05 Å². The Hall–Kier alpha value is -1.02. The van der Waals surface area contributed by atoms with Crippen molar-refractivity contribution in [2.45, 2.75) is 45.6 Å². The van der Waals surface area contributed by atoms with Gasteiger partial charge in [-0.3, -0.25) is 4.99 Å². The van der Waals surface area contributed by atoms with E-state index in [-0.39, 0.29) is 24.0 Å². The molecule has 2 aliphatic heterocycles. The van der Waals surface area contributed by atoms with E-state index in [0.29, 0.717) is 0 Å². The maximum Gasteiger partial charge on any atom is 0.193 e. The van der Waals surface area contributed by atoms with Crippen molar-refractivity contribution in [2.24, 2.45) is 16.8 Å². The zero-order chi connectivity index (χ0) is 19.8. The minimum absolute atomic E-state index is 0. The van der Waals surface area contributed by atoms with Gasteiger partial charge in [0.25, 0.3) is 0 Å². The smallest absolute Gasteiger partial charge is 0.193 e. The van der Waals surface area contributed by atoms with Gasteiger partial charge >= 0.3 is 0 Å². The molecule has 2 heterocycles. The van der Waals surface area contributed by atoms with Gasteiger partial charge in [0, 0.05) is 59.2 Å². The number of ether oxygens (including phenoxy) is 1. The van der Waals surface area contributed by atoms with Crippen LogP contribution in [0, 0.1) is 11.8 Å². The van der Waals surface area contributed by atoms with Crippen molar-refractivity contribution in [3.05, 3.63) is 29.8 Å². The van der Waals surface area contributed by atoms with Crippen LogP contribution in [0.3, 0.4) is 0 Å². The fourth-order valence-corrected chi connectivity index (χ4v) is 4.17. The summed E-state index contributed by atoms with van der Waals surface area (Å²) in [4.78, 5) is 9.23. The van der Waals surface area contributed by atoms with Gasteiger partial charge in [0.05, 0.1) is 0 Å². The topological polar surface area (TPSA) is 40.1 Å². The van der Waals surface area contributed by atoms with Crippen LogP contribution >= 0.6 is 24.0 Å². The number of nitrogens with zero attached hydrogens (tertiary/aromatic N) is 3. The highest BCUT2D eigenvalue weighted by Gasteiger charge is 2.17. The highest BCUT2D eigenvalue weighted by Crippen LogP contribution is 2.23. The largest absolute Gasteiger partial charge is 0.381 e. The van der Waals surface area contributed by atoms with E-state index in [4.69, 9.17) is 4.74 Å². The molecule has 0 atom stereocenters. The molecule has 3 rings (SSSR count). The van der Waals surface area contributed by atoms with Crippen molar-refractivity contribution in [2.75, 3.05) is 51.8 Å². The molecule has 0 radical (unpaired) electrons. The van der Waals surface area contributed by atoms with Crippen LogP contribution in [-0.4, -0.2) is 57.8 Å². The molecule has 0 unspecified atom stereocenters. The molecule has 0 bridgehead atoms. The second-order valence-corrected chi connectivity index (χ2v) is 8.50. The summed E-state index contributed by atoms with van der Waals surface area (Å²) >= 11 is 0. The standard InChI is InChI=1S/C23H38N4O.HI/c1-19-8-14-27(15-9-19)22-6-4-21(5-7-22)18-25-23(24-2)26(3)13-10-20-11-16-28-17-12-20;/h4-7,19-20H,8-18H2,1-3H3,(H,24,25);1H. The van der Waals surface area contributed by atoms with Gasteiger partial charge in [-0.15, -0.1) is 24.0 Å². The van der Waals surface area contributed by atoms with Crippen LogP contribution in [0.5, 0.6) is 0 Å². The Bertz CT molecular complexity index is 608. The molecule has 2 saturated heterocycles. The number of guanidine groups is 1. The molecule has 2 fully saturated rings. The Kier molecular flexibility index (Phi) is 10.6. The van der Waals surface area contributed by atoms with Gasteiger partial charge in [-0.25, -0.2) is 0 Å². The van der Waals surface area contributed by atoms with Gasteiger partial charge in [0.1, 0.15) is 0 Å². The quantitative estimate of drug-likeness (QED) is 0.348. The molecule has 164 valence electrons. The van der Waals surface area contributed by atoms with Crippen LogP contribution in [0.4, 0.5) is 5.69 Å². The molecule has 6 heteroatoms. The molecular formula is C23H39IN4O. The zero-order valence-corrected chi connectivity index (χ0v) is 20.7. The van der Waals surface area contributed by atoms with Crippen LogP contribution in [-0.2, 0) is 11.3 Å². The van der Waals surface area contributed by atoms with Gasteiger partial charge in [0.2, 0.25) is 0 Å². The Morgan fingerprint density at radius 3 is 2.41 bits per heavy atom. The predicted molar refractivity (Wildman–Crippen MR) is 133 cm³/mol.